The first-order valence-electron chi connectivity index (χ1n) is 7.42. The predicted molar refractivity (Wildman–Crippen MR) is 88.3 cm³/mol. The summed E-state index contributed by atoms with van der Waals surface area (Å²) in [6.45, 7) is 2.40. The lowest BCUT2D eigenvalue weighted by atomic mass is 10.0. The SMILES string of the molecule is CC(=O)CC1CCCCCN1C(=O)c1cc2sccc2s1. The van der Waals surface area contributed by atoms with Gasteiger partial charge in [0.25, 0.3) is 5.91 Å². The quantitative estimate of drug-likeness (QED) is 0.844. The zero-order valence-corrected chi connectivity index (χ0v) is 13.8. The minimum atomic E-state index is 0.0811. The predicted octanol–water partition coefficient (Wildman–Crippen LogP) is 4.33. The molecule has 1 unspecified atom stereocenters. The lowest BCUT2D eigenvalue weighted by molar-refractivity contribution is -0.118. The maximum Gasteiger partial charge on any atom is 0.264 e. The third-order valence-electron chi connectivity index (χ3n) is 4.01. The van der Waals surface area contributed by atoms with Crippen molar-refractivity contribution >= 4 is 43.8 Å². The van der Waals surface area contributed by atoms with Crippen LogP contribution in [-0.2, 0) is 4.79 Å². The summed E-state index contributed by atoms with van der Waals surface area (Å²) in [4.78, 5) is 27.1. The Labute approximate surface area is 132 Å². The van der Waals surface area contributed by atoms with Crippen LogP contribution in [0.15, 0.2) is 17.5 Å². The van der Waals surface area contributed by atoms with Crippen LogP contribution in [0.1, 0.15) is 48.7 Å². The lowest BCUT2D eigenvalue weighted by Crippen LogP contribution is -2.40. The number of carbonyl (C=O) groups is 2. The average Bonchev–Trinajstić information content (AvgIpc) is 2.94. The van der Waals surface area contributed by atoms with Gasteiger partial charge in [-0.2, -0.15) is 0 Å². The number of likely N-dealkylation sites (tertiary alicyclic amines) is 1. The standard InChI is InChI=1S/C16H19NO2S2/c1-11(18)9-12-5-3-2-4-7-17(12)16(19)15-10-14-13(21-15)6-8-20-14/h6,8,10,12H,2-5,7,9H2,1H3. The van der Waals surface area contributed by atoms with E-state index >= 15 is 0 Å². The van der Waals surface area contributed by atoms with Gasteiger partial charge in [0.15, 0.2) is 0 Å². The summed E-state index contributed by atoms with van der Waals surface area (Å²) in [5, 5.41) is 2.06. The van der Waals surface area contributed by atoms with Crippen LogP contribution in [0.5, 0.6) is 0 Å². The molecular weight excluding hydrogens is 302 g/mol. The van der Waals surface area contributed by atoms with Crippen molar-refractivity contribution in [2.45, 2.75) is 45.1 Å². The van der Waals surface area contributed by atoms with Gasteiger partial charge < -0.3 is 4.90 Å². The number of nitrogens with zero attached hydrogens (tertiary/aromatic N) is 1. The highest BCUT2D eigenvalue weighted by atomic mass is 32.1. The maximum absolute atomic E-state index is 12.8. The Balaban J connectivity index is 1.85. The van der Waals surface area contributed by atoms with Gasteiger partial charge in [0.2, 0.25) is 0 Å². The fraction of sp³-hybridized carbons (Fsp3) is 0.500. The van der Waals surface area contributed by atoms with Crippen LogP contribution in [0.4, 0.5) is 0 Å². The summed E-state index contributed by atoms with van der Waals surface area (Å²) in [6, 6.07) is 4.15. The van der Waals surface area contributed by atoms with Gasteiger partial charge in [-0.1, -0.05) is 12.8 Å². The van der Waals surface area contributed by atoms with Crippen molar-refractivity contribution in [3.8, 4) is 0 Å². The molecule has 21 heavy (non-hydrogen) atoms. The monoisotopic (exact) mass is 321 g/mol. The molecule has 0 saturated carbocycles. The Kier molecular flexibility index (Phi) is 4.40. The van der Waals surface area contributed by atoms with Crippen LogP contribution in [0.3, 0.4) is 0 Å². The molecule has 3 rings (SSSR count). The normalized spacial score (nSPS) is 19.7. The van der Waals surface area contributed by atoms with Crippen LogP contribution in [-0.4, -0.2) is 29.2 Å². The van der Waals surface area contributed by atoms with E-state index < -0.39 is 0 Å². The summed E-state index contributed by atoms with van der Waals surface area (Å²) in [6.07, 6.45) is 4.75. The molecule has 1 saturated heterocycles. The molecule has 0 radical (unpaired) electrons. The summed E-state index contributed by atoms with van der Waals surface area (Å²) in [5.74, 6) is 0.281. The van der Waals surface area contributed by atoms with Crippen molar-refractivity contribution < 1.29 is 9.59 Å². The van der Waals surface area contributed by atoms with Crippen molar-refractivity contribution in [1.29, 1.82) is 0 Å². The van der Waals surface area contributed by atoms with E-state index in [1.165, 1.54) is 9.40 Å². The number of rotatable bonds is 3. The van der Waals surface area contributed by atoms with Gasteiger partial charge in [-0.25, -0.2) is 0 Å². The van der Waals surface area contributed by atoms with E-state index in [0.717, 1.165) is 37.1 Å². The second-order valence-corrected chi connectivity index (χ2v) is 7.70. The van der Waals surface area contributed by atoms with Gasteiger partial charge in [-0.3, -0.25) is 9.59 Å². The largest absolute Gasteiger partial charge is 0.335 e. The number of amides is 1. The number of carbonyl (C=O) groups excluding carboxylic acids is 2. The van der Waals surface area contributed by atoms with Crippen molar-refractivity contribution in [2.75, 3.05) is 6.54 Å². The van der Waals surface area contributed by atoms with Crippen LogP contribution in [0, 0.1) is 0 Å². The minimum absolute atomic E-state index is 0.0811. The molecule has 1 amide bonds. The zero-order chi connectivity index (χ0) is 14.8. The molecule has 5 heteroatoms. The van der Waals surface area contributed by atoms with Gasteiger partial charge in [-0.15, -0.1) is 22.7 Å². The topological polar surface area (TPSA) is 37.4 Å². The molecule has 0 aromatic carbocycles. The second-order valence-electron chi connectivity index (χ2n) is 5.67. The van der Waals surface area contributed by atoms with Crippen LogP contribution in [0.2, 0.25) is 0 Å². The molecule has 1 aliphatic rings. The minimum Gasteiger partial charge on any atom is -0.335 e. The summed E-state index contributed by atoms with van der Waals surface area (Å²) < 4.78 is 2.36. The third kappa shape index (κ3) is 3.19. The van der Waals surface area contributed by atoms with Gasteiger partial charge >= 0.3 is 0 Å². The Morgan fingerprint density at radius 2 is 2.14 bits per heavy atom. The molecule has 0 aliphatic carbocycles. The molecule has 2 aromatic rings. The molecule has 3 heterocycles. The van der Waals surface area contributed by atoms with Gasteiger partial charge in [0.05, 0.1) is 4.88 Å². The molecule has 3 nitrogen and oxygen atoms in total. The van der Waals surface area contributed by atoms with Crippen molar-refractivity contribution in [2.24, 2.45) is 0 Å². The van der Waals surface area contributed by atoms with E-state index in [-0.39, 0.29) is 17.7 Å². The third-order valence-corrected chi connectivity index (χ3v) is 6.09. The van der Waals surface area contributed by atoms with Crippen molar-refractivity contribution in [3.63, 3.8) is 0 Å². The zero-order valence-electron chi connectivity index (χ0n) is 12.1. The summed E-state index contributed by atoms with van der Waals surface area (Å²) in [7, 11) is 0. The Bertz CT molecular complexity index is 630. The number of hydrogen-bond acceptors (Lipinski definition) is 4. The van der Waals surface area contributed by atoms with Crippen LogP contribution < -0.4 is 0 Å². The van der Waals surface area contributed by atoms with E-state index in [9.17, 15) is 9.59 Å². The Morgan fingerprint density at radius 3 is 2.90 bits per heavy atom. The summed E-state index contributed by atoms with van der Waals surface area (Å²) in [5.41, 5.74) is 0. The second kappa shape index (κ2) is 6.28. The molecule has 2 aromatic heterocycles. The Morgan fingerprint density at radius 1 is 1.29 bits per heavy atom. The van der Waals surface area contributed by atoms with E-state index in [1.54, 1.807) is 29.6 Å². The summed E-state index contributed by atoms with van der Waals surface area (Å²) >= 11 is 3.24. The van der Waals surface area contributed by atoms with E-state index in [1.807, 2.05) is 11.0 Å². The van der Waals surface area contributed by atoms with E-state index in [0.29, 0.717) is 6.42 Å². The smallest absolute Gasteiger partial charge is 0.264 e. The average molecular weight is 321 g/mol. The fourth-order valence-electron chi connectivity index (χ4n) is 3.00. The number of fused-ring (bicyclic) bond motifs is 1. The van der Waals surface area contributed by atoms with Crippen LogP contribution >= 0.6 is 22.7 Å². The number of hydrogen-bond donors (Lipinski definition) is 0. The highest BCUT2D eigenvalue weighted by molar-refractivity contribution is 7.27. The van der Waals surface area contributed by atoms with E-state index in [2.05, 4.69) is 11.4 Å². The first kappa shape index (κ1) is 14.7. The van der Waals surface area contributed by atoms with Crippen molar-refractivity contribution in [3.05, 3.63) is 22.4 Å². The highest BCUT2D eigenvalue weighted by Crippen LogP contribution is 2.32. The lowest BCUT2D eigenvalue weighted by Gasteiger charge is -2.29. The molecule has 1 atom stereocenters. The maximum atomic E-state index is 12.8. The van der Waals surface area contributed by atoms with Crippen LogP contribution in [0.25, 0.3) is 9.40 Å². The molecule has 0 N–H and O–H groups in total. The Hall–Kier alpha value is -1.20. The van der Waals surface area contributed by atoms with Gasteiger partial charge in [0, 0.05) is 28.4 Å². The molecule has 0 spiro atoms. The fourth-order valence-corrected chi connectivity index (χ4v) is 5.07. The molecule has 0 bridgehead atoms. The van der Waals surface area contributed by atoms with Gasteiger partial charge in [-0.05, 0) is 37.3 Å². The number of ketones is 1. The molecule has 1 fully saturated rings. The molecule has 112 valence electrons. The molecular formula is C16H19NO2S2. The number of thiophene rings is 2. The van der Waals surface area contributed by atoms with Crippen molar-refractivity contribution in [1.82, 2.24) is 4.90 Å². The first-order valence-corrected chi connectivity index (χ1v) is 9.12. The number of Topliss-reactive ketones (excluding diaryl/α,β-unsaturated/α-hetero) is 1. The van der Waals surface area contributed by atoms with E-state index in [4.69, 9.17) is 0 Å². The highest BCUT2D eigenvalue weighted by Gasteiger charge is 2.28. The molecule has 1 aliphatic heterocycles. The first-order chi connectivity index (χ1) is 10.1. The van der Waals surface area contributed by atoms with Gasteiger partial charge in [0.1, 0.15) is 5.78 Å².